The lowest BCUT2D eigenvalue weighted by Gasteiger charge is -2.42. The summed E-state index contributed by atoms with van der Waals surface area (Å²) in [6.45, 7) is 0. The summed E-state index contributed by atoms with van der Waals surface area (Å²) in [5.41, 5.74) is 4.32. The lowest BCUT2D eigenvalue weighted by Crippen LogP contribution is -2.61. The summed E-state index contributed by atoms with van der Waals surface area (Å²) in [5.74, 6) is -2.04. The van der Waals surface area contributed by atoms with Gasteiger partial charge in [-0.1, -0.05) is 32.1 Å². The van der Waals surface area contributed by atoms with E-state index in [0.29, 0.717) is 12.8 Å². The molecule has 0 aromatic rings. The predicted molar refractivity (Wildman–Crippen MR) is 74.6 cm³/mol. The van der Waals surface area contributed by atoms with E-state index in [4.69, 9.17) is 5.73 Å². The van der Waals surface area contributed by atoms with Gasteiger partial charge in [0.2, 0.25) is 5.91 Å². The Balaban J connectivity index is 2.10. The molecule has 2 fully saturated rings. The monoisotopic (exact) mass is 306 g/mol. The Labute approximate surface area is 123 Å². The van der Waals surface area contributed by atoms with Crippen molar-refractivity contribution in [2.24, 2.45) is 11.7 Å². The second kappa shape index (κ2) is 6.55. The molecule has 2 atom stereocenters. The molecule has 0 radical (unpaired) electrons. The Morgan fingerprint density at radius 3 is 2.19 bits per heavy atom. The molecule has 0 spiro atoms. The van der Waals surface area contributed by atoms with Gasteiger partial charge in [-0.2, -0.15) is 13.2 Å². The van der Waals surface area contributed by atoms with Crippen LogP contribution in [0.25, 0.3) is 0 Å². The average Bonchev–Trinajstić information content (AvgIpc) is 2.66. The Morgan fingerprint density at radius 1 is 1.05 bits per heavy atom. The molecule has 3 nitrogen and oxygen atoms in total. The van der Waals surface area contributed by atoms with Crippen LogP contribution in [0.15, 0.2) is 0 Å². The van der Waals surface area contributed by atoms with Gasteiger partial charge in [-0.3, -0.25) is 4.79 Å². The lowest BCUT2D eigenvalue weighted by atomic mass is 9.74. The fourth-order valence-electron chi connectivity index (χ4n) is 3.79. The van der Waals surface area contributed by atoms with E-state index in [9.17, 15) is 18.0 Å². The molecule has 3 N–H and O–H groups in total. The van der Waals surface area contributed by atoms with Crippen molar-refractivity contribution in [1.82, 2.24) is 5.32 Å². The van der Waals surface area contributed by atoms with Crippen LogP contribution < -0.4 is 11.1 Å². The van der Waals surface area contributed by atoms with Gasteiger partial charge < -0.3 is 11.1 Å². The molecule has 0 aliphatic heterocycles. The molecule has 21 heavy (non-hydrogen) atoms. The van der Waals surface area contributed by atoms with E-state index in [1.54, 1.807) is 0 Å². The molecule has 2 rings (SSSR count). The molecule has 0 aromatic carbocycles. The average molecular weight is 306 g/mol. The summed E-state index contributed by atoms with van der Waals surface area (Å²) >= 11 is 0. The van der Waals surface area contributed by atoms with Crippen molar-refractivity contribution < 1.29 is 18.0 Å². The maximum Gasteiger partial charge on any atom is 0.391 e. The zero-order valence-corrected chi connectivity index (χ0v) is 12.3. The van der Waals surface area contributed by atoms with Gasteiger partial charge in [-0.15, -0.1) is 0 Å². The third-order valence-electron chi connectivity index (χ3n) is 5.02. The Hall–Kier alpha value is -0.780. The number of carbonyl (C=O) groups excluding carboxylic acids is 1. The molecule has 0 bridgehead atoms. The van der Waals surface area contributed by atoms with E-state index in [0.717, 1.165) is 38.5 Å². The van der Waals surface area contributed by atoms with Crippen LogP contribution in [0.1, 0.15) is 64.2 Å². The summed E-state index contributed by atoms with van der Waals surface area (Å²) in [6.07, 6.45) is 2.76. The molecule has 1 amide bonds. The number of primary amides is 1. The number of amides is 1. The topological polar surface area (TPSA) is 55.1 Å². The summed E-state index contributed by atoms with van der Waals surface area (Å²) in [7, 11) is 0. The Kier molecular flexibility index (Phi) is 5.17. The van der Waals surface area contributed by atoms with Gasteiger partial charge in [0.15, 0.2) is 0 Å². The maximum atomic E-state index is 13.0. The van der Waals surface area contributed by atoms with E-state index >= 15 is 0 Å². The number of carbonyl (C=O) groups is 1. The highest BCUT2D eigenvalue weighted by atomic mass is 19.4. The first-order valence-electron chi connectivity index (χ1n) is 7.98. The molecule has 2 saturated carbocycles. The van der Waals surface area contributed by atoms with Crippen LogP contribution in [0.2, 0.25) is 0 Å². The third-order valence-corrected chi connectivity index (χ3v) is 5.02. The van der Waals surface area contributed by atoms with E-state index < -0.39 is 23.5 Å². The van der Waals surface area contributed by atoms with E-state index in [1.165, 1.54) is 0 Å². The second-order valence-corrected chi connectivity index (χ2v) is 6.61. The van der Waals surface area contributed by atoms with Crippen LogP contribution in [0, 0.1) is 5.92 Å². The number of hydrogen-bond acceptors (Lipinski definition) is 2. The second-order valence-electron chi connectivity index (χ2n) is 6.61. The number of halogens is 3. The highest BCUT2D eigenvalue weighted by molar-refractivity contribution is 5.84. The van der Waals surface area contributed by atoms with Gasteiger partial charge in [-0.05, 0) is 32.1 Å². The number of hydrogen-bond donors (Lipinski definition) is 2. The Morgan fingerprint density at radius 2 is 1.67 bits per heavy atom. The number of rotatable bonds is 3. The summed E-state index contributed by atoms with van der Waals surface area (Å²) in [4.78, 5) is 11.9. The highest BCUT2D eigenvalue weighted by Crippen LogP contribution is 2.42. The molecule has 2 aliphatic rings. The summed E-state index contributed by atoms with van der Waals surface area (Å²) < 4.78 is 39.0. The van der Waals surface area contributed by atoms with Crippen LogP contribution in [0.4, 0.5) is 13.2 Å². The SMILES string of the molecule is NC(=O)C1(NC2CCCCCC2)CCCC(C(F)(F)F)C1. The molecule has 6 heteroatoms. The van der Waals surface area contributed by atoms with Crippen molar-refractivity contribution >= 4 is 5.91 Å². The van der Waals surface area contributed by atoms with E-state index in [2.05, 4.69) is 5.32 Å². The normalized spacial score (nSPS) is 32.6. The largest absolute Gasteiger partial charge is 0.391 e. The predicted octanol–water partition coefficient (Wildman–Crippen LogP) is 3.28. The van der Waals surface area contributed by atoms with Gasteiger partial charge in [0.25, 0.3) is 0 Å². The molecule has 2 aliphatic carbocycles. The molecule has 0 aromatic heterocycles. The van der Waals surface area contributed by atoms with Crippen molar-refractivity contribution in [2.75, 3.05) is 0 Å². The highest BCUT2D eigenvalue weighted by Gasteiger charge is 2.50. The maximum absolute atomic E-state index is 13.0. The minimum atomic E-state index is -4.24. The van der Waals surface area contributed by atoms with Crippen LogP contribution in [-0.4, -0.2) is 23.7 Å². The van der Waals surface area contributed by atoms with Crippen LogP contribution in [0.5, 0.6) is 0 Å². The van der Waals surface area contributed by atoms with Crippen molar-refractivity contribution in [2.45, 2.75) is 82.0 Å². The standard InChI is InChI=1S/C15H25F3N2O/c16-15(17,18)11-6-5-9-14(10-11,13(19)21)20-12-7-3-1-2-4-8-12/h11-12,20H,1-10H2,(H2,19,21). The quantitative estimate of drug-likeness (QED) is 0.786. The van der Waals surface area contributed by atoms with Crippen LogP contribution in [0.3, 0.4) is 0 Å². The number of nitrogens with two attached hydrogens (primary N) is 1. The first-order valence-corrected chi connectivity index (χ1v) is 7.98. The zero-order valence-electron chi connectivity index (χ0n) is 12.3. The van der Waals surface area contributed by atoms with Gasteiger partial charge in [0.05, 0.1) is 11.5 Å². The third kappa shape index (κ3) is 4.11. The molecular weight excluding hydrogens is 281 g/mol. The lowest BCUT2D eigenvalue weighted by molar-refractivity contribution is -0.189. The summed E-state index contributed by atoms with van der Waals surface area (Å²) in [5, 5.41) is 3.24. The van der Waals surface area contributed by atoms with Crippen molar-refractivity contribution in [3.63, 3.8) is 0 Å². The van der Waals surface area contributed by atoms with Crippen LogP contribution in [-0.2, 0) is 4.79 Å². The van der Waals surface area contributed by atoms with E-state index in [1.807, 2.05) is 0 Å². The van der Waals surface area contributed by atoms with Crippen molar-refractivity contribution in [3.05, 3.63) is 0 Å². The number of nitrogens with one attached hydrogen (secondary N) is 1. The fourth-order valence-corrected chi connectivity index (χ4v) is 3.79. The molecule has 122 valence electrons. The smallest absolute Gasteiger partial charge is 0.368 e. The Bertz CT molecular complexity index is 364. The first kappa shape index (κ1) is 16.6. The van der Waals surface area contributed by atoms with Gasteiger partial charge in [0, 0.05) is 6.04 Å². The molecule has 2 unspecified atom stereocenters. The fraction of sp³-hybridized carbons (Fsp3) is 0.933. The molecule has 0 saturated heterocycles. The number of alkyl halides is 3. The van der Waals surface area contributed by atoms with Gasteiger partial charge >= 0.3 is 6.18 Å². The minimum absolute atomic E-state index is 0.102. The molecular formula is C15H25F3N2O. The summed E-state index contributed by atoms with van der Waals surface area (Å²) in [6, 6.07) is 0.118. The molecule has 0 heterocycles. The van der Waals surface area contributed by atoms with E-state index in [-0.39, 0.29) is 18.9 Å². The van der Waals surface area contributed by atoms with Crippen molar-refractivity contribution in [1.29, 1.82) is 0 Å². The van der Waals surface area contributed by atoms with Gasteiger partial charge in [0.1, 0.15) is 0 Å². The van der Waals surface area contributed by atoms with Crippen molar-refractivity contribution in [3.8, 4) is 0 Å². The minimum Gasteiger partial charge on any atom is -0.368 e. The van der Waals surface area contributed by atoms with Gasteiger partial charge in [-0.25, -0.2) is 0 Å². The van der Waals surface area contributed by atoms with Crippen LogP contribution >= 0.6 is 0 Å². The first-order chi connectivity index (χ1) is 9.83. The zero-order chi connectivity index (χ0) is 15.5.